The Morgan fingerprint density at radius 3 is 2.70 bits per heavy atom. The van der Waals surface area contributed by atoms with Gasteiger partial charge in [0.1, 0.15) is 0 Å². The second-order valence-corrected chi connectivity index (χ2v) is 6.42. The van der Waals surface area contributed by atoms with Crippen molar-refractivity contribution < 1.29 is 9.84 Å². The van der Waals surface area contributed by atoms with E-state index >= 15 is 0 Å². The van der Waals surface area contributed by atoms with Crippen LogP contribution in [0.4, 0.5) is 5.82 Å². The first-order valence-corrected chi connectivity index (χ1v) is 8.71. The first-order valence-electron chi connectivity index (χ1n) is 8.33. The zero-order valence-electron chi connectivity index (χ0n) is 14.6. The average molecular weight is 381 g/mol. The number of fused-ring (bicyclic) bond motifs is 1. The van der Waals surface area contributed by atoms with Gasteiger partial charge in [-0.15, -0.1) is 0 Å². The van der Waals surface area contributed by atoms with Crippen LogP contribution in [-0.2, 0) is 6.54 Å². The molecule has 0 aliphatic heterocycles. The number of hydrogen-bond donors (Lipinski definition) is 2. The number of hydrogen-bond acceptors (Lipinski definition) is 5. The minimum Gasteiger partial charge on any atom is -0.504 e. The summed E-state index contributed by atoms with van der Waals surface area (Å²) in [6.07, 6.45) is 5.31. The topological polar surface area (TPSA) is 71.7 Å². The van der Waals surface area contributed by atoms with Crippen molar-refractivity contribution in [2.45, 2.75) is 6.54 Å². The maximum Gasteiger partial charge on any atom is 0.180 e. The molecule has 4 aromatic rings. The third kappa shape index (κ3) is 3.39. The first kappa shape index (κ1) is 17.2. The van der Waals surface area contributed by atoms with Crippen molar-refractivity contribution in [3.63, 3.8) is 0 Å². The number of aromatic hydroxyl groups is 1. The van der Waals surface area contributed by atoms with E-state index in [0.717, 1.165) is 16.8 Å². The summed E-state index contributed by atoms with van der Waals surface area (Å²) in [4.78, 5) is 8.90. The minimum absolute atomic E-state index is 0.0834. The molecule has 0 fully saturated rings. The van der Waals surface area contributed by atoms with Gasteiger partial charge in [-0.25, -0.2) is 9.97 Å². The van der Waals surface area contributed by atoms with Crippen LogP contribution < -0.4 is 10.1 Å². The Kier molecular flexibility index (Phi) is 4.56. The number of nitrogens with zero attached hydrogens (tertiary/aromatic N) is 3. The highest BCUT2D eigenvalue weighted by Crippen LogP contribution is 2.32. The molecule has 27 heavy (non-hydrogen) atoms. The van der Waals surface area contributed by atoms with Crippen molar-refractivity contribution in [3.8, 4) is 22.8 Å². The Morgan fingerprint density at radius 2 is 1.96 bits per heavy atom. The van der Waals surface area contributed by atoms with Crippen LogP contribution in [0, 0.1) is 0 Å². The Balaban J connectivity index is 1.65. The molecule has 4 rings (SSSR count). The molecule has 7 heteroatoms. The molecule has 2 N–H and O–H groups in total. The Morgan fingerprint density at radius 1 is 1.15 bits per heavy atom. The highest BCUT2D eigenvalue weighted by molar-refractivity contribution is 6.30. The monoisotopic (exact) mass is 380 g/mol. The molecule has 0 amide bonds. The van der Waals surface area contributed by atoms with Gasteiger partial charge >= 0.3 is 0 Å². The number of aromatic nitrogens is 3. The number of phenolic OH excluding ortho intramolecular Hbond substituents is 1. The smallest absolute Gasteiger partial charge is 0.180 e. The molecule has 0 saturated carbocycles. The van der Waals surface area contributed by atoms with Gasteiger partial charge in [0.2, 0.25) is 0 Å². The summed E-state index contributed by atoms with van der Waals surface area (Å²) in [7, 11) is 1.52. The zero-order chi connectivity index (χ0) is 18.8. The Labute approximate surface area is 161 Å². The molecule has 6 nitrogen and oxygen atoms in total. The van der Waals surface area contributed by atoms with Crippen LogP contribution in [-0.4, -0.2) is 26.6 Å². The van der Waals surface area contributed by atoms with E-state index < -0.39 is 0 Å². The van der Waals surface area contributed by atoms with Crippen LogP contribution in [0.15, 0.2) is 61.1 Å². The van der Waals surface area contributed by atoms with Gasteiger partial charge in [0.25, 0.3) is 0 Å². The van der Waals surface area contributed by atoms with Gasteiger partial charge in [0, 0.05) is 29.5 Å². The van der Waals surface area contributed by atoms with Crippen LogP contribution in [0.5, 0.6) is 11.5 Å². The largest absolute Gasteiger partial charge is 0.504 e. The predicted octanol–water partition coefficient (Wildman–Crippen LogP) is 4.38. The summed E-state index contributed by atoms with van der Waals surface area (Å²) < 4.78 is 7.03. The molecule has 0 saturated heterocycles. The van der Waals surface area contributed by atoms with E-state index in [1.54, 1.807) is 24.5 Å². The fourth-order valence-corrected chi connectivity index (χ4v) is 3.02. The molecule has 136 valence electrons. The lowest BCUT2D eigenvalue weighted by Gasteiger charge is -2.09. The van der Waals surface area contributed by atoms with E-state index in [1.807, 2.05) is 40.9 Å². The summed E-state index contributed by atoms with van der Waals surface area (Å²) in [5.41, 5.74) is 3.47. The number of anilines is 1. The van der Waals surface area contributed by atoms with Crippen molar-refractivity contribution in [2.24, 2.45) is 0 Å². The Hall–Kier alpha value is -3.25. The van der Waals surface area contributed by atoms with Gasteiger partial charge in [0.05, 0.1) is 19.0 Å². The fraction of sp³-hybridized carbons (Fsp3) is 0.100. The molecule has 0 spiro atoms. The molecule has 0 unspecified atom stereocenters. The predicted molar refractivity (Wildman–Crippen MR) is 105 cm³/mol. The highest BCUT2D eigenvalue weighted by atomic mass is 35.5. The fourth-order valence-electron chi connectivity index (χ4n) is 2.89. The molecular weight excluding hydrogens is 364 g/mol. The SMILES string of the molecule is COc1ccc(-c2cnc3c(NCc4ccc(Cl)cc4)nccn23)cc1O. The van der Waals surface area contributed by atoms with Gasteiger partial charge in [0.15, 0.2) is 23.0 Å². The summed E-state index contributed by atoms with van der Waals surface area (Å²) in [6, 6.07) is 12.9. The van der Waals surface area contributed by atoms with Crippen molar-refractivity contribution >= 4 is 23.1 Å². The summed E-state index contributed by atoms with van der Waals surface area (Å²) in [5.74, 6) is 1.19. The number of phenols is 1. The van der Waals surface area contributed by atoms with Crippen molar-refractivity contribution in [1.82, 2.24) is 14.4 Å². The summed E-state index contributed by atoms with van der Waals surface area (Å²) in [6.45, 7) is 0.607. The number of ether oxygens (including phenoxy) is 1. The second kappa shape index (κ2) is 7.17. The van der Waals surface area contributed by atoms with E-state index in [-0.39, 0.29) is 5.75 Å². The lowest BCUT2D eigenvalue weighted by Crippen LogP contribution is -2.03. The molecule has 2 aromatic carbocycles. The molecule has 0 radical (unpaired) electrons. The van der Waals surface area contributed by atoms with Crippen LogP contribution in [0.25, 0.3) is 16.9 Å². The van der Waals surface area contributed by atoms with Gasteiger partial charge in [-0.2, -0.15) is 0 Å². The average Bonchev–Trinajstić information content (AvgIpc) is 3.12. The third-order valence-electron chi connectivity index (χ3n) is 4.28. The molecular formula is C20H17ClN4O2. The van der Waals surface area contributed by atoms with Gasteiger partial charge in [-0.3, -0.25) is 4.40 Å². The maximum atomic E-state index is 10.1. The van der Waals surface area contributed by atoms with Crippen LogP contribution in [0.2, 0.25) is 5.02 Å². The van der Waals surface area contributed by atoms with Crippen molar-refractivity contribution in [3.05, 3.63) is 71.6 Å². The third-order valence-corrected chi connectivity index (χ3v) is 4.53. The lowest BCUT2D eigenvalue weighted by molar-refractivity contribution is 0.373. The van der Waals surface area contributed by atoms with Gasteiger partial charge in [-0.05, 0) is 35.9 Å². The standard InChI is InChI=1S/C20H17ClN4O2/c1-27-18-7-4-14(10-17(18)26)16-12-24-20-19(22-8-9-25(16)20)23-11-13-2-5-15(21)6-3-13/h2-10,12,26H,11H2,1H3,(H,22,23). The van der Waals surface area contributed by atoms with E-state index in [4.69, 9.17) is 16.3 Å². The molecule has 0 bridgehead atoms. The van der Waals surface area contributed by atoms with Crippen LogP contribution >= 0.6 is 11.6 Å². The zero-order valence-corrected chi connectivity index (χ0v) is 15.3. The maximum absolute atomic E-state index is 10.1. The van der Waals surface area contributed by atoms with E-state index in [2.05, 4.69) is 15.3 Å². The van der Waals surface area contributed by atoms with E-state index in [1.165, 1.54) is 7.11 Å². The van der Waals surface area contributed by atoms with Gasteiger partial charge < -0.3 is 15.2 Å². The van der Waals surface area contributed by atoms with Crippen LogP contribution in [0.1, 0.15) is 5.56 Å². The number of benzene rings is 2. The van der Waals surface area contributed by atoms with Crippen molar-refractivity contribution in [1.29, 1.82) is 0 Å². The molecule has 2 aromatic heterocycles. The van der Waals surface area contributed by atoms with Crippen LogP contribution in [0.3, 0.4) is 0 Å². The molecule has 2 heterocycles. The number of nitrogens with one attached hydrogen (secondary N) is 1. The molecule has 0 aliphatic carbocycles. The Bertz CT molecular complexity index is 1090. The van der Waals surface area contributed by atoms with E-state index in [9.17, 15) is 5.11 Å². The summed E-state index contributed by atoms with van der Waals surface area (Å²) in [5, 5.41) is 14.1. The highest BCUT2D eigenvalue weighted by Gasteiger charge is 2.12. The van der Waals surface area contributed by atoms with Gasteiger partial charge in [-0.1, -0.05) is 23.7 Å². The number of rotatable bonds is 5. The number of imidazole rings is 1. The molecule has 0 aliphatic rings. The normalized spacial score (nSPS) is 10.9. The number of methoxy groups -OCH3 is 1. The quantitative estimate of drug-likeness (QED) is 0.537. The number of halogens is 1. The lowest BCUT2D eigenvalue weighted by atomic mass is 10.1. The van der Waals surface area contributed by atoms with Crippen molar-refractivity contribution in [2.75, 3.05) is 12.4 Å². The minimum atomic E-state index is 0.0834. The van der Waals surface area contributed by atoms with E-state index in [0.29, 0.717) is 28.8 Å². The summed E-state index contributed by atoms with van der Waals surface area (Å²) >= 11 is 5.93. The second-order valence-electron chi connectivity index (χ2n) is 5.98. The first-order chi connectivity index (χ1) is 13.2. The molecule has 0 atom stereocenters.